The minimum absolute atomic E-state index is 0.201. The molecule has 1 fully saturated rings. The number of nitrogens with one attached hydrogen (secondary N) is 1. The van der Waals surface area contributed by atoms with Crippen LogP contribution in [0.3, 0.4) is 0 Å². The van der Waals surface area contributed by atoms with Crippen LogP contribution in [0.15, 0.2) is 48.5 Å². The third kappa shape index (κ3) is 4.37. The molecule has 0 aromatic heterocycles. The van der Waals surface area contributed by atoms with E-state index in [2.05, 4.69) is 5.32 Å². The van der Waals surface area contributed by atoms with Crippen molar-refractivity contribution in [2.45, 2.75) is 12.5 Å². The number of carbonyl (C=O) groups is 3. The fourth-order valence-corrected chi connectivity index (χ4v) is 3.25. The summed E-state index contributed by atoms with van der Waals surface area (Å²) >= 11 is 0. The Labute approximate surface area is 168 Å². The summed E-state index contributed by atoms with van der Waals surface area (Å²) in [6.45, 7) is 0.0637. The van der Waals surface area contributed by atoms with Gasteiger partial charge in [0.1, 0.15) is 17.6 Å². The van der Waals surface area contributed by atoms with Crippen LogP contribution in [0.25, 0.3) is 0 Å². The average Bonchev–Trinajstić information content (AvgIpc) is 3.12. The van der Waals surface area contributed by atoms with Gasteiger partial charge in [-0.3, -0.25) is 14.4 Å². The Hall–Kier alpha value is -3.42. The summed E-state index contributed by atoms with van der Waals surface area (Å²) in [6.07, 6.45) is 0.388. The van der Waals surface area contributed by atoms with E-state index in [9.17, 15) is 18.8 Å². The van der Waals surface area contributed by atoms with Gasteiger partial charge < -0.3 is 19.9 Å². The first-order valence-electron chi connectivity index (χ1n) is 9.16. The maximum absolute atomic E-state index is 14.0. The number of halogens is 1. The summed E-state index contributed by atoms with van der Waals surface area (Å²) in [4.78, 5) is 40.1. The number of benzene rings is 2. The van der Waals surface area contributed by atoms with E-state index in [4.69, 9.17) is 4.74 Å². The summed E-state index contributed by atoms with van der Waals surface area (Å²) in [5.41, 5.74) is 0.564. The second-order valence-electron chi connectivity index (χ2n) is 6.67. The van der Waals surface area contributed by atoms with E-state index in [1.807, 2.05) is 0 Å². The molecule has 7 nitrogen and oxygen atoms in total. The van der Waals surface area contributed by atoms with Crippen molar-refractivity contribution in [2.24, 2.45) is 0 Å². The number of amides is 3. The molecule has 1 aliphatic rings. The number of methoxy groups -OCH3 is 1. The van der Waals surface area contributed by atoms with Crippen LogP contribution in [0, 0.1) is 5.82 Å². The molecule has 0 spiro atoms. The zero-order valence-electron chi connectivity index (χ0n) is 16.2. The van der Waals surface area contributed by atoms with Crippen LogP contribution in [0.1, 0.15) is 16.8 Å². The van der Waals surface area contributed by atoms with Crippen molar-refractivity contribution in [3.63, 3.8) is 0 Å². The van der Waals surface area contributed by atoms with Crippen molar-refractivity contribution < 1.29 is 23.5 Å². The van der Waals surface area contributed by atoms with E-state index in [1.165, 1.54) is 36.1 Å². The van der Waals surface area contributed by atoms with Crippen LogP contribution >= 0.6 is 0 Å². The zero-order chi connectivity index (χ0) is 21.0. The molecule has 2 aromatic rings. The van der Waals surface area contributed by atoms with Gasteiger partial charge in [-0.05, 0) is 36.8 Å². The number of ether oxygens (including phenoxy) is 1. The number of nitrogens with zero attached hydrogens (tertiary/aromatic N) is 2. The summed E-state index contributed by atoms with van der Waals surface area (Å²) in [5.74, 6) is -1.12. The predicted octanol–water partition coefficient (Wildman–Crippen LogP) is 1.83. The highest BCUT2D eigenvalue weighted by atomic mass is 19.1. The molecule has 1 heterocycles. The number of hydrogen-bond donors (Lipinski definition) is 1. The van der Waals surface area contributed by atoms with Gasteiger partial charge in [-0.2, -0.15) is 0 Å². The Morgan fingerprint density at radius 3 is 2.72 bits per heavy atom. The monoisotopic (exact) mass is 399 g/mol. The van der Waals surface area contributed by atoms with Crippen molar-refractivity contribution in [1.82, 2.24) is 10.2 Å². The first-order chi connectivity index (χ1) is 13.9. The second-order valence-corrected chi connectivity index (χ2v) is 6.67. The molecule has 8 heteroatoms. The largest absolute Gasteiger partial charge is 0.497 e. The zero-order valence-corrected chi connectivity index (χ0v) is 16.2. The molecule has 29 heavy (non-hydrogen) atoms. The first-order valence-corrected chi connectivity index (χ1v) is 9.16. The van der Waals surface area contributed by atoms with E-state index in [1.54, 1.807) is 36.4 Å². The van der Waals surface area contributed by atoms with Crippen LogP contribution in [0.4, 0.5) is 10.1 Å². The lowest BCUT2D eigenvalue weighted by molar-refractivity contribution is -0.135. The Bertz CT molecular complexity index is 934. The highest BCUT2D eigenvalue weighted by molar-refractivity contribution is 6.02. The molecule has 0 aliphatic carbocycles. The van der Waals surface area contributed by atoms with Gasteiger partial charge in [0.15, 0.2) is 0 Å². The maximum atomic E-state index is 14.0. The SMILES string of the molecule is COc1cccc(C(=O)NCC(=O)N(C)C2CCN(c3ccccc3F)C2=O)c1. The van der Waals surface area contributed by atoms with Gasteiger partial charge in [0.2, 0.25) is 11.8 Å². The minimum Gasteiger partial charge on any atom is -0.497 e. The second kappa shape index (κ2) is 8.72. The van der Waals surface area contributed by atoms with Gasteiger partial charge in [-0.25, -0.2) is 4.39 Å². The van der Waals surface area contributed by atoms with Crippen LogP contribution < -0.4 is 15.0 Å². The number of carbonyl (C=O) groups excluding carboxylic acids is 3. The molecular weight excluding hydrogens is 377 g/mol. The lowest BCUT2D eigenvalue weighted by Crippen LogP contribution is -2.46. The van der Waals surface area contributed by atoms with Crippen LogP contribution in [0.5, 0.6) is 5.75 Å². The van der Waals surface area contributed by atoms with Gasteiger partial charge in [-0.15, -0.1) is 0 Å². The fraction of sp³-hybridized carbons (Fsp3) is 0.286. The van der Waals surface area contributed by atoms with Crippen molar-refractivity contribution in [3.05, 3.63) is 59.9 Å². The summed E-state index contributed by atoms with van der Waals surface area (Å²) in [7, 11) is 3.01. The number of likely N-dealkylation sites (N-methyl/N-ethyl adjacent to an activating group) is 1. The number of hydrogen-bond acceptors (Lipinski definition) is 4. The Balaban J connectivity index is 1.59. The van der Waals surface area contributed by atoms with Gasteiger partial charge >= 0.3 is 0 Å². The molecule has 3 amide bonds. The summed E-state index contributed by atoms with van der Waals surface area (Å²) in [5, 5.41) is 2.55. The molecule has 0 radical (unpaired) electrons. The van der Waals surface area contributed by atoms with E-state index in [0.29, 0.717) is 24.3 Å². The highest BCUT2D eigenvalue weighted by Gasteiger charge is 2.37. The van der Waals surface area contributed by atoms with E-state index >= 15 is 0 Å². The third-order valence-electron chi connectivity index (χ3n) is 4.91. The summed E-state index contributed by atoms with van der Waals surface area (Å²) < 4.78 is 19.1. The minimum atomic E-state index is -0.698. The van der Waals surface area contributed by atoms with Crippen LogP contribution in [-0.2, 0) is 9.59 Å². The predicted molar refractivity (Wildman–Crippen MR) is 105 cm³/mol. The molecule has 0 bridgehead atoms. The standard InChI is InChI=1S/C21H22FN3O4/c1-24(18-10-11-25(21(18)28)17-9-4-3-8-16(17)22)19(26)13-23-20(27)14-6-5-7-15(12-14)29-2/h3-9,12,18H,10-11,13H2,1-2H3,(H,23,27). The summed E-state index contributed by atoms with van der Waals surface area (Å²) in [6, 6.07) is 11.9. The maximum Gasteiger partial charge on any atom is 0.251 e. The van der Waals surface area contributed by atoms with Crippen molar-refractivity contribution in [2.75, 3.05) is 32.1 Å². The number of anilines is 1. The molecular formula is C21H22FN3O4. The van der Waals surface area contributed by atoms with Gasteiger partial charge in [0.25, 0.3) is 5.91 Å². The topological polar surface area (TPSA) is 79.0 Å². The van der Waals surface area contributed by atoms with Gasteiger partial charge in [0.05, 0.1) is 19.3 Å². The van der Waals surface area contributed by atoms with Gasteiger partial charge in [0, 0.05) is 19.2 Å². The van der Waals surface area contributed by atoms with Crippen molar-refractivity contribution in [1.29, 1.82) is 0 Å². The van der Waals surface area contributed by atoms with E-state index in [0.717, 1.165) is 0 Å². The van der Waals surface area contributed by atoms with E-state index in [-0.39, 0.29) is 18.1 Å². The fourth-order valence-electron chi connectivity index (χ4n) is 3.25. The van der Waals surface area contributed by atoms with E-state index < -0.39 is 23.7 Å². The van der Waals surface area contributed by atoms with Crippen LogP contribution in [0.2, 0.25) is 0 Å². The first kappa shape index (κ1) is 20.3. The smallest absolute Gasteiger partial charge is 0.251 e. The third-order valence-corrected chi connectivity index (χ3v) is 4.91. The van der Waals surface area contributed by atoms with Crippen molar-refractivity contribution in [3.8, 4) is 5.75 Å². The Morgan fingerprint density at radius 1 is 1.24 bits per heavy atom. The molecule has 152 valence electrons. The average molecular weight is 399 g/mol. The highest BCUT2D eigenvalue weighted by Crippen LogP contribution is 2.26. The van der Waals surface area contributed by atoms with Crippen LogP contribution in [-0.4, -0.2) is 55.9 Å². The molecule has 3 rings (SSSR count). The molecule has 0 saturated carbocycles. The Morgan fingerprint density at radius 2 is 2.00 bits per heavy atom. The molecule has 1 aliphatic heterocycles. The molecule has 1 unspecified atom stereocenters. The quantitative estimate of drug-likeness (QED) is 0.804. The molecule has 1 N–H and O–H groups in total. The number of rotatable bonds is 6. The lowest BCUT2D eigenvalue weighted by Gasteiger charge is -2.24. The number of para-hydroxylation sites is 1. The van der Waals surface area contributed by atoms with Gasteiger partial charge in [-0.1, -0.05) is 18.2 Å². The molecule has 1 saturated heterocycles. The molecule has 2 aromatic carbocycles. The molecule has 1 atom stereocenters. The Kier molecular flexibility index (Phi) is 6.11. The van der Waals surface area contributed by atoms with Crippen molar-refractivity contribution >= 4 is 23.4 Å². The lowest BCUT2D eigenvalue weighted by atomic mass is 10.2. The normalized spacial score (nSPS) is 15.9.